The molecule has 2 heterocycles. The number of nitrogens with two attached hydrogens (primary N) is 1. The summed E-state index contributed by atoms with van der Waals surface area (Å²) in [5, 5.41) is 2.67. The second-order valence-electron chi connectivity index (χ2n) is 4.53. The van der Waals surface area contributed by atoms with Crippen molar-refractivity contribution in [1.29, 1.82) is 0 Å². The molecule has 6 heteroatoms. The molecule has 0 aliphatic carbocycles. The molecule has 3 N–H and O–H groups in total. The molecule has 1 saturated heterocycles. The average Bonchev–Trinajstić information content (AvgIpc) is 2.46. The standard InChI is InChI=1S/C13H20N4O2/c1-9-3-4-16-12(10(9)7-14)17-5-6-19-8-11(17)13(18)15-2/h3-4,11H,5-8,14H2,1-2H3,(H,15,18). The van der Waals surface area contributed by atoms with Crippen molar-refractivity contribution in [2.75, 3.05) is 31.7 Å². The first-order valence-corrected chi connectivity index (χ1v) is 6.39. The minimum Gasteiger partial charge on any atom is -0.377 e. The van der Waals surface area contributed by atoms with Crippen molar-refractivity contribution in [1.82, 2.24) is 10.3 Å². The molecule has 6 nitrogen and oxygen atoms in total. The van der Waals surface area contributed by atoms with Crippen LogP contribution in [0.25, 0.3) is 0 Å². The first-order valence-electron chi connectivity index (χ1n) is 6.39. The molecule has 1 aliphatic rings. The van der Waals surface area contributed by atoms with Gasteiger partial charge in [-0.05, 0) is 18.6 Å². The fourth-order valence-corrected chi connectivity index (χ4v) is 2.32. The van der Waals surface area contributed by atoms with Crippen molar-refractivity contribution in [3.63, 3.8) is 0 Å². The zero-order chi connectivity index (χ0) is 13.8. The lowest BCUT2D eigenvalue weighted by atomic mass is 10.1. The SMILES string of the molecule is CNC(=O)C1COCCN1c1nccc(C)c1CN. The van der Waals surface area contributed by atoms with Gasteiger partial charge in [0.25, 0.3) is 0 Å². The zero-order valence-corrected chi connectivity index (χ0v) is 11.3. The highest BCUT2D eigenvalue weighted by molar-refractivity contribution is 5.85. The van der Waals surface area contributed by atoms with E-state index in [1.807, 2.05) is 17.9 Å². The van der Waals surface area contributed by atoms with Gasteiger partial charge in [-0.1, -0.05) is 0 Å². The molecule has 0 saturated carbocycles. The lowest BCUT2D eigenvalue weighted by Crippen LogP contribution is -2.54. The smallest absolute Gasteiger partial charge is 0.244 e. The molecule has 19 heavy (non-hydrogen) atoms. The van der Waals surface area contributed by atoms with Gasteiger partial charge in [0.1, 0.15) is 11.9 Å². The number of hydrogen-bond donors (Lipinski definition) is 2. The van der Waals surface area contributed by atoms with Crippen LogP contribution in [-0.4, -0.2) is 43.7 Å². The summed E-state index contributed by atoms with van der Waals surface area (Å²) in [6.45, 7) is 4.02. The lowest BCUT2D eigenvalue weighted by Gasteiger charge is -2.36. The number of anilines is 1. The number of pyridine rings is 1. The molecule has 1 fully saturated rings. The monoisotopic (exact) mass is 264 g/mol. The highest BCUT2D eigenvalue weighted by Gasteiger charge is 2.31. The highest BCUT2D eigenvalue weighted by Crippen LogP contribution is 2.24. The Morgan fingerprint density at radius 2 is 2.47 bits per heavy atom. The second kappa shape index (κ2) is 5.99. The quantitative estimate of drug-likeness (QED) is 0.790. The third-order valence-corrected chi connectivity index (χ3v) is 3.42. The summed E-state index contributed by atoms with van der Waals surface area (Å²) in [4.78, 5) is 18.3. The largest absolute Gasteiger partial charge is 0.377 e. The van der Waals surface area contributed by atoms with Gasteiger partial charge in [-0.2, -0.15) is 0 Å². The maximum atomic E-state index is 11.9. The van der Waals surface area contributed by atoms with E-state index in [0.29, 0.717) is 26.3 Å². The van der Waals surface area contributed by atoms with Gasteiger partial charge in [0.05, 0.1) is 13.2 Å². The Kier molecular flexibility index (Phi) is 4.34. The highest BCUT2D eigenvalue weighted by atomic mass is 16.5. The summed E-state index contributed by atoms with van der Waals surface area (Å²) in [6.07, 6.45) is 1.75. The van der Waals surface area contributed by atoms with Crippen molar-refractivity contribution in [2.24, 2.45) is 5.73 Å². The number of aromatic nitrogens is 1. The molecule has 1 aromatic heterocycles. The van der Waals surface area contributed by atoms with Crippen LogP contribution < -0.4 is 16.0 Å². The van der Waals surface area contributed by atoms with Gasteiger partial charge in [-0.25, -0.2) is 4.98 Å². The average molecular weight is 264 g/mol. The third-order valence-electron chi connectivity index (χ3n) is 3.42. The normalized spacial score (nSPS) is 19.3. The topological polar surface area (TPSA) is 80.5 Å². The van der Waals surface area contributed by atoms with Gasteiger partial charge in [0.15, 0.2) is 0 Å². The number of nitrogens with one attached hydrogen (secondary N) is 1. The number of amides is 1. The first kappa shape index (κ1) is 13.8. The van der Waals surface area contributed by atoms with Crippen LogP contribution in [-0.2, 0) is 16.1 Å². The Balaban J connectivity index is 2.37. The summed E-state index contributed by atoms with van der Waals surface area (Å²) in [7, 11) is 1.63. The number of rotatable bonds is 3. The fraction of sp³-hybridized carbons (Fsp3) is 0.538. The van der Waals surface area contributed by atoms with Crippen LogP contribution in [0.3, 0.4) is 0 Å². The van der Waals surface area contributed by atoms with Crippen molar-refractivity contribution < 1.29 is 9.53 Å². The summed E-state index contributed by atoms with van der Waals surface area (Å²) in [5.74, 6) is 0.727. The number of carbonyl (C=O) groups excluding carboxylic acids is 1. The minimum absolute atomic E-state index is 0.0639. The summed E-state index contributed by atoms with van der Waals surface area (Å²) in [5.41, 5.74) is 7.89. The van der Waals surface area contributed by atoms with Crippen LogP contribution in [0.2, 0.25) is 0 Å². The van der Waals surface area contributed by atoms with Crippen molar-refractivity contribution in [3.8, 4) is 0 Å². The Morgan fingerprint density at radius 3 is 3.16 bits per heavy atom. The van der Waals surface area contributed by atoms with Crippen LogP contribution >= 0.6 is 0 Å². The van der Waals surface area contributed by atoms with E-state index in [2.05, 4.69) is 10.3 Å². The number of ether oxygens (including phenoxy) is 1. The second-order valence-corrected chi connectivity index (χ2v) is 4.53. The Labute approximate surface area is 112 Å². The molecule has 2 rings (SSSR count). The van der Waals surface area contributed by atoms with E-state index in [-0.39, 0.29) is 11.9 Å². The van der Waals surface area contributed by atoms with Crippen molar-refractivity contribution in [2.45, 2.75) is 19.5 Å². The van der Waals surface area contributed by atoms with E-state index < -0.39 is 0 Å². The van der Waals surface area contributed by atoms with Gasteiger partial charge in [0.2, 0.25) is 5.91 Å². The van der Waals surface area contributed by atoms with Crippen molar-refractivity contribution >= 4 is 11.7 Å². The van der Waals surface area contributed by atoms with Gasteiger partial charge in [-0.15, -0.1) is 0 Å². The molecule has 1 amide bonds. The van der Waals surface area contributed by atoms with Crippen LogP contribution in [0.1, 0.15) is 11.1 Å². The molecular weight excluding hydrogens is 244 g/mol. The molecule has 1 aromatic rings. The minimum atomic E-state index is -0.349. The van der Waals surface area contributed by atoms with E-state index in [1.54, 1.807) is 13.2 Å². The first-order chi connectivity index (χ1) is 9.19. The van der Waals surface area contributed by atoms with E-state index in [1.165, 1.54) is 0 Å². The lowest BCUT2D eigenvalue weighted by molar-refractivity contribution is -0.124. The van der Waals surface area contributed by atoms with Crippen LogP contribution in [0.15, 0.2) is 12.3 Å². The van der Waals surface area contributed by atoms with E-state index in [9.17, 15) is 4.79 Å². The number of nitrogens with zero attached hydrogens (tertiary/aromatic N) is 2. The van der Waals surface area contributed by atoms with E-state index in [4.69, 9.17) is 10.5 Å². The van der Waals surface area contributed by atoms with Gasteiger partial charge >= 0.3 is 0 Å². The molecule has 1 atom stereocenters. The molecule has 1 aliphatic heterocycles. The summed E-state index contributed by atoms with van der Waals surface area (Å²) < 4.78 is 5.40. The Morgan fingerprint density at radius 1 is 1.68 bits per heavy atom. The van der Waals surface area contributed by atoms with Gasteiger partial charge < -0.3 is 20.7 Å². The van der Waals surface area contributed by atoms with Crippen LogP contribution in [0.5, 0.6) is 0 Å². The predicted octanol–water partition coefficient (Wildman–Crippen LogP) is -0.200. The summed E-state index contributed by atoms with van der Waals surface area (Å²) in [6, 6.07) is 1.58. The predicted molar refractivity (Wildman–Crippen MR) is 72.9 cm³/mol. The number of morpholine rings is 1. The van der Waals surface area contributed by atoms with Gasteiger partial charge in [-0.3, -0.25) is 4.79 Å². The third kappa shape index (κ3) is 2.69. The van der Waals surface area contributed by atoms with Crippen LogP contribution in [0.4, 0.5) is 5.82 Å². The molecule has 104 valence electrons. The Hall–Kier alpha value is -1.66. The fourth-order valence-electron chi connectivity index (χ4n) is 2.32. The maximum Gasteiger partial charge on any atom is 0.244 e. The molecule has 1 unspecified atom stereocenters. The molecular formula is C13H20N4O2. The van der Waals surface area contributed by atoms with Crippen molar-refractivity contribution in [3.05, 3.63) is 23.4 Å². The van der Waals surface area contributed by atoms with E-state index >= 15 is 0 Å². The van der Waals surface area contributed by atoms with Gasteiger partial charge in [0, 0.05) is 31.9 Å². The molecule has 0 radical (unpaired) electrons. The van der Waals surface area contributed by atoms with Crippen LogP contribution in [0, 0.1) is 6.92 Å². The Bertz CT molecular complexity index is 464. The molecule has 0 aromatic carbocycles. The zero-order valence-electron chi connectivity index (χ0n) is 11.3. The number of likely N-dealkylation sites (N-methyl/N-ethyl adjacent to an activating group) is 1. The number of aryl methyl sites for hydroxylation is 1. The van der Waals surface area contributed by atoms with E-state index in [0.717, 1.165) is 16.9 Å². The molecule has 0 bridgehead atoms. The molecule has 0 spiro atoms. The summed E-state index contributed by atoms with van der Waals surface area (Å²) >= 11 is 0. The maximum absolute atomic E-state index is 11.9. The number of hydrogen-bond acceptors (Lipinski definition) is 5. The number of carbonyl (C=O) groups is 1.